The fourth-order valence-electron chi connectivity index (χ4n) is 3.26. The van der Waals surface area contributed by atoms with E-state index in [2.05, 4.69) is 10.6 Å². The van der Waals surface area contributed by atoms with E-state index in [4.69, 9.17) is 34.8 Å². The molecule has 0 spiro atoms. The van der Waals surface area contributed by atoms with Gasteiger partial charge in [0.2, 0.25) is 0 Å². The predicted molar refractivity (Wildman–Crippen MR) is 113 cm³/mol. The van der Waals surface area contributed by atoms with Gasteiger partial charge in [0.1, 0.15) is 5.69 Å². The third kappa shape index (κ3) is 4.87. The Labute approximate surface area is 177 Å². The van der Waals surface area contributed by atoms with Crippen LogP contribution in [0.2, 0.25) is 15.1 Å². The predicted octanol–water partition coefficient (Wildman–Crippen LogP) is 6.55. The van der Waals surface area contributed by atoms with Crippen molar-refractivity contribution in [3.8, 4) is 0 Å². The molecule has 1 saturated carbocycles. The van der Waals surface area contributed by atoms with Crippen LogP contribution in [0.3, 0.4) is 0 Å². The molecule has 1 fully saturated rings. The lowest BCUT2D eigenvalue weighted by Crippen LogP contribution is -2.23. The number of nitro benzene ring substituents is 1. The van der Waals surface area contributed by atoms with Crippen LogP contribution in [0.15, 0.2) is 30.3 Å². The van der Waals surface area contributed by atoms with E-state index in [-0.39, 0.29) is 33.0 Å². The SMILES string of the molecule is O=C(Nc1cc(NC2CCCCC2)c([N+](=O)[O-])cc1Cl)c1ccc(Cl)cc1Cl. The normalized spacial score (nSPS) is 14.5. The van der Waals surface area contributed by atoms with Crippen molar-refractivity contribution in [1.29, 1.82) is 0 Å². The van der Waals surface area contributed by atoms with Gasteiger partial charge in [0.05, 0.1) is 26.2 Å². The number of anilines is 2. The zero-order valence-corrected chi connectivity index (χ0v) is 17.1. The molecule has 6 nitrogen and oxygen atoms in total. The number of hydrogen-bond acceptors (Lipinski definition) is 4. The van der Waals surface area contributed by atoms with Gasteiger partial charge in [0.25, 0.3) is 11.6 Å². The van der Waals surface area contributed by atoms with Crippen molar-refractivity contribution in [2.24, 2.45) is 0 Å². The number of carbonyl (C=O) groups is 1. The van der Waals surface area contributed by atoms with E-state index < -0.39 is 10.8 Å². The summed E-state index contributed by atoms with van der Waals surface area (Å²) < 4.78 is 0. The first-order chi connectivity index (χ1) is 13.3. The van der Waals surface area contributed by atoms with Gasteiger partial charge in [0, 0.05) is 17.1 Å². The first kappa shape index (κ1) is 20.7. The summed E-state index contributed by atoms with van der Waals surface area (Å²) in [6, 6.07) is 7.41. The zero-order valence-electron chi connectivity index (χ0n) is 14.8. The highest BCUT2D eigenvalue weighted by atomic mass is 35.5. The summed E-state index contributed by atoms with van der Waals surface area (Å²) in [4.78, 5) is 23.5. The molecule has 3 rings (SSSR count). The van der Waals surface area contributed by atoms with Crippen LogP contribution in [0.25, 0.3) is 0 Å². The lowest BCUT2D eigenvalue weighted by atomic mass is 9.95. The highest BCUT2D eigenvalue weighted by molar-refractivity contribution is 6.38. The number of benzene rings is 2. The molecule has 1 aliphatic rings. The number of carbonyl (C=O) groups excluding carboxylic acids is 1. The summed E-state index contributed by atoms with van der Waals surface area (Å²) in [5, 5.41) is 18.0. The van der Waals surface area contributed by atoms with Gasteiger partial charge < -0.3 is 10.6 Å². The van der Waals surface area contributed by atoms with Crippen molar-refractivity contribution in [3.63, 3.8) is 0 Å². The van der Waals surface area contributed by atoms with Crippen molar-refractivity contribution >= 4 is 57.8 Å². The second-order valence-electron chi connectivity index (χ2n) is 6.66. The first-order valence-corrected chi connectivity index (χ1v) is 9.99. The second-order valence-corrected chi connectivity index (χ2v) is 7.91. The Balaban J connectivity index is 1.88. The Kier molecular flexibility index (Phi) is 6.65. The van der Waals surface area contributed by atoms with E-state index in [1.165, 1.54) is 30.7 Å². The van der Waals surface area contributed by atoms with E-state index in [1.54, 1.807) is 6.07 Å². The van der Waals surface area contributed by atoms with Crippen LogP contribution in [-0.4, -0.2) is 16.9 Å². The van der Waals surface area contributed by atoms with Gasteiger partial charge in [-0.1, -0.05) is 54.1 Å². The number of nitrogens with zero attached hydrogens (tertiary/aromatic N) is 1. The highest BCUT2D eigenvalue weighted by Gasteiger charge is 2.22. The summed E-state index contributed by atoms with van der Waals surface area (Å²) in [6.45, 7) is 0. The molecule has 148 valence electrons. The molecule has 0 aromatic heterocycles. The summed E-state index contributed by atoms with van der Waals surface area (Å²) in [7, 11) is 0. The molecule has 2 aromatic rings. The quantitative estimate of drug-likeness (QED) is 0.406. The van der Waals surface area contributed by atoms with E-state index >= 15 is 0 Å². The van der Waals surface area contributed by atoms with E-state index in [1.807, 2.05) is 0 Å². The molecule has 1 aliphatic carbocycles. The maximum Gasteiger partial charge on any atom is 0.293 e. The topological polar surface area (TPSA) is 84.3 Å². The third-order valence-corrected chi connectivity index (χ3v) is 5.53. The fraction of sp³-hybridized carbons (Fsp3) is 0.316. The molecule has 0 bridgehead atoms. The smallest absolute Gasteiger partial charge is 0.293 e. The van der Waals surface area contributed by atoms with E-state index in [9.17, 15) is 14.9 Å². The largest absolute Gasteiger partial charge is 0.377 e. The molecule has 0 aliphatic heterocycles. The number of hydrogen-bond donors (Lipinski definition) is 2. The Morgan fingerprint density at radius 1 is 1.00 bits per heavy atom. The summed E-state index contributed by atoms with van der Waals surface area (Å²) in [6.07, 6.45) is 5.23. The summed E-state index contributed by atoms with van der Waals surface area (Å²) in [5.41, 5.74) is 0.695. The summed E-state index contributed by atoms with van der Waals surface area (Å²) >= 11 is 18.1. The van der Waals surface area contributed by atoms with Crippen LogP contribution in [0.1, 0.15) is 42.5 Å². The van der Waals surface area contributed by atoms with Crippen LogP contribution in [-0.2, 0) is 0 Å². The van der Waals surface area contributed by atoms with Gasteiger partial charge in [-0.15, -0.1) is 0 Å². The van der Waals surface area contributed by atoms with Crippen LogP contribution < -0.4 is 10.6 Å². The molecule has 0 atom stereocenters. The maximum absolute atomic E-state index is 12.6. The Morgan fingerprint density at radius 2 is 1.71 bits per heavy atom. The van der Waals surface area contributed by atoms with Crippen molar-refractivity contribution in [3.05, 3.63) is 61.1 Å². The molecule has 0 unspecified atom stereocenters. The van der Waals surface area contributed by atoms with Crippen LogP contribution in [0, 0.1) is 10.1 Å². The first-order valence-electron chi connectivity index (χ1n) is 8.86. The highest BCUT2D eigenvalue weighted by Crippen LogP contribution is 2.36. The van der Waals surface area contributed by atoms with Crippen LogP contribution in [0.4, 0.5) is 17.1 Å². The number of rotatable bonds is 5. The van der Waals surface area contributed by atoms with Crippen molar-refractivity contribution in [2.75, 3.05) is 10.6 Å². The molecule has 9 heteroatoms. The monoisotopic (exact) mass is 441 g/mol. The lowest BCUT2D eigenvalue weighted by Gasteiger charge is -2.24. The van der Waals surface area contributed by atoms with Gasteiger partial charge in [-0.05, 0) is 37.1 Å². The average Bonchev–Trinajstić information content (AvgIpc) is 2.64. The number of nitro groups is 1. The molecule has 0 heterocycles. The lowest BCUT2D eigenvalue weighted by molar-refractivity contribution is -0.384. The maximum atomic E-state index is 12.6. The van der Waals surface area contributed by atoms with Gasteiger partial charge in [0.15, 0.2) is 0 Å². The van der Waals surface area contributed by atoms with Crippen LogP contribution in [0.5, 0.6) is 0 Å². The minimum absolute atomic E-state index is 0.0688. The van der Waals surface area contributed by atoms with E-state index in [0.29, 0.717) is 10.7 Å². The zero-order chi connectivity index (χ0) is 20.3. The van der Waals surface area contributed by atoms with Crippen molar-refractivity contribution < 1.29 is 9.72 Å². The van der Waals surface area contributed by atoms with Gasteiger partial charge in [-0.25, -0.2) is 0 Å². The molecular formula is C19H18Cl3N3O3. The fourth-order valence-corrected chi connectivity index (χ4v) is 3.95. The summed E-state index contributed by atoms with van der Waals surface area (Å²) in [5.74, 6) is -0.485. The minimum Gasteiger partial charge on any atom is -0.377 e. The third-order valence-electron chi connectivity index (χ3n) is 4.67. The molecule has 2 N–H and O–H groups in total. The molecule has 2 aromatic carbocycles. The Bertz CT molecular complexity index is 915. The number of halogens is 3. The van der Waals surface area contributed by atoms with Crippen molar-refractivity contribution in [2.45, 2.75) is 38.1 Å². The van der Waals surface area contributed by atoms with Crippen LogP contribution >= 0.6 is 34.8 Å². The van der Waals surface area contributed by atoms with Gasteiger partial charge >= 0.3 is 0 Å². The van der Waals surface area contributed by atoms with E-state index in [0.717, 1.165) is 25.7 Å². The standard InChI is InChI=1S/C19H18Cl3N3O3/c20-11-6-7-13(14(21)8-11)19(26)24-16-10-17(18(25(27)28)9-15(16)22)23-12-4-2-1-3-5-12/h6-10,12,23H,1-5H2,(H,24,26). The molecule has 0 radical (unpaired) electrons. The molecule has 28 heavy (non-hydrogen) atoms. The minimum atomic E-state index is -0.487. The molecule has 1 amide bonds. The number of amides is 1. The Hall–Kier alpha value is -2.02. The number of nitrogens with one attached hydrogen (secondary N) is 2. The van der Waals surface area contributed by atoms with Gasteiger partial charge in [-0.2, -0.15) is 0 Å². The second kappa shape index (κ2) is 8.99. The molecule has 0 saturated heterocycles. The Morgan fingerprint density at radius 3 is 2.36 bits per heavy atom. The van der Waals surface area contributed by atoms with Crippen molar-refractivity contribution in [1.82, 2.24) is 0 Å². The molecular weight excluding hydrogens is 425 g/mol. The average molecular weight is 443 g/mol. The van der Waals surface area contributed by atoms with Gasteiger partial charge in [-0.3, -0.25) is 14.9 Å².